The van der Waals surface area contributed by atoms with E-state index in [0.717, 1.165) is 37.4 Å². The van der Waals surface area contributed by atoms with Crippen LogP contribution in [0.5, 0.6) is 0 Å². The Morgan fingerprint density at radius 3 is 2.14 bits per heavy atom. The summed E-state index contributed by atoms with van der Waals surface area (Å²) in [7, 11) is 2.62. The molecule has 2 aromatic carbocycles. The molecule has 152 valence electrons. The van der Waals surface area contributed by atoms with Crippen molar-refractivity contribution in [3.05, 3.63) is 60.2 Å². The van der Waals surface area contributed by atoms with E-state index in [9.17, 15) is 8.42 Å². The van der Waals surface area contributed by atoms with Gasteiger partial charge in [-0.1, -0.05) is 30.3 Å². The van der Waals surface area contributed by atoms with Crippen molar-refractivity contribution in [3.8, 4) is 0 Å². The summed E-state index contributed by atoms with van der Waals surface area (Å²) in [5.74, 6) is 0. The Morgan fingerprint density at radius 2 is 1.57 bits per heavy atom. The maximum absolute atomic E-state index is 12.7. The van der Waals surface area contributed by atoms with Crippen LogP contribution in [0, 0.1) is 0 Å². The molecule has 0 aliphatic carbocycles. The van der Waals surface area contributed by atoms with Crippen molar-refractivity contribution in [3.63, 3.8) is 0 Å². The second-order valence-corrected chi connectivity index (χ2v) is 9.27. The molecule has 0 bridgehead atoms. The first-order valence-corrected chi connectivity index (χ1v) is 11.1. The van der Waals surface area contributed by atoms with Crippen LogP contribution in [-0.4, -0.2) is 72.1 Å². The van der Waals surface area contributed by atoms with Crippen LogP contribution in [0.3, 0.4) is 0 Å². The van der Waals surface area contributed by atoms with Gasteiger partial charge >= 0.3 is 0 Å². The van der Waals surface area contributed by atoms with Crippen LogP contribution < -0.4 is 9.62 Å². The normalized spacial score (nSPS) is 17.4. The summed E-state index contributed by atoms with van der Waals surface area (Å²) in [6.45, 7) is 4.16. The SMILES string of the molecule is CN1CCN(C(CNS(=O)(=O)c2ccccc2)c2ccc(N(C)C)cc2)CC1. The summed E-state index contributed by atoms with van der Waals surface area (Å²) < 4.78 is 28.2. The van der Waals surface area contributed by atoms with Crippen LogP contribution in [-0.2, 0) is 10.0 Å². The van der Waals surface area contributed by atoms with Crippen LogP contribution in [0.2, 0.25) is 0 Å². The number of anilines is 1. The lowest BCUT2D eigenvalue weighted by atomic mass is 10.0. The van der Waals surface area contributed by atoms with E-state index in [0.29, 0.717) is 11.4 Å². The molecule has 6 nitrogen and oxygen atoms in total. The van der Waals surface area contributed by atoms with Gasteiger partial charge in [0.25, 0.3) is 0 Å². The highest BCUT2D eigenvalue weighted by molar-refractivity contribution is 7.89. The molecule has 1 atom stereocenters. The van der Waals surface area contributed by atoms with Gasteiger partial charge in [0, 0.05) is 58.5 Å². The highest BCUT2D eigenvalue weighted by Crippen LogP contribution is 2.24. The van der Waals surface area contributed by atoms with Gasteiger partial charge in [-0.3, -0.25) is 4.90 Å². The van der Waals surface area contributed by atoms with Gasteiger partial charge in [0.15, 0.2) is 0 Å². The van der Waals surface area contributed by atoms with Gasteiger partial charge < -0.3 is 9.80 Å². The van der Waals surface area contributed by atoms with Crippen molar-refractivity contribution < 1.29 is 8.42 Å². The molecule has 0 radical (unpaired) electrons. The Kier molecular flexibility index (Phi) is 6.72. The number of benzene rings is 2. The Morgan fingerprint density at radius 1 is 0.964 bits per heavy atom. The van der Waals surface area contributed by atoms with Crippen molar-refractivity contribution in [1.29, 1.82) is 0 Å². The minimum atomic E-state index is -3.53. The minimum absolute atomic E-state index is 0.00315. The molecule has 0 aromatic heterocycles. The second-order valence-electron chi connectivity index (χ2n) is 7.51. The standard InChI is InChI=1S/C21H30N4O2S/c1-23(2)19-11-9-18(10-12-19)21(25-15-13-24(3)14-16-25)17-22-28(26,27)20-7-5-4-6-8-20/h4-12,21-22H,13-17H2,1-3H3. The number of likely N-dealkylation sites (N-methyl/N-ethyl adjacent to an activating group) is 1. The van der Waals surface area contributed by atoms with Crippen molar-refractivity contribution in [2.75, 3.05) is 58.8 Å². The van der Waals surface area contributed by atoms with E-state index in [-0.39, 0.29) is 6.04 Å². The zero-order chi connectivity index (χ0) is 20.1. The van der Waals surface area contributed by atoms with Gasteiger partial charge in [0.2, 0.25) is 10.0 Å². The summed E-state index contributed by atoms with van der Waals surface area (Å²) in [6.07, 6.45) is 0. The highest BCUT2D eigenvalue weighted by atomic mass is 32.2. The second kappa shape index (κ2) is 9.05. The van der Waals surface area contributed by atoms with Gasteiger partial charge in [-0.15, -0.1) is 0 Å². The molecule has 1 unspecified atom stereocenters. The quantitative estimate of drug-likeness (QED) is 0.768. The Hall–Kier alpha value is -1.93. The van der Waals surface area contributed by atoms with Gasteiger partial charge in [-0.2, -0.15) is 0 Å². The summed E-state index contributed by atoms with van der Waals surface area (Å²) in [5.41, 5.74) is 2.26. The molecule has 1 saturated heterocycles. The first-order chi connectivity index (χ1) is 13.4. The molecule has 1 heterocycles. The average Bonchev–Trinajstić information content (AvgIpc) is 2.70. The van der Waals surface area contributed by atoms with Gasteiger partial charge in [0.05, 0.1) is 4.90 Å². The Bertz CT molecular complexity index is 846. The van der Waals surface area contributed by atoms with Crippen molar-refractivity contribution in [2.45, 2.75) is 10.9 Å². The smallest absolute Gasteiger partial charge is 0.240 e. The maximum atomic E-state index is 12.7. The Labute approximate surface area is 168 Å². The molecule has 1 aliphatic rings. The van der Waals surface area contributed by atoms with Crippen molar-refractivity contribution in [2.24, 2.45) is 0 Å². The molecule has 2 aromatic rings. The Balaban J connectivity index is 1.80. The van der Waals surface area contributed by atoms with Crippen LogP contribution in [0.15, 0.2) is 59.5 Å². The van der Waals surface area contributed by atoms with Crippen LogP contribution in [0.4, 0.5) is 5.69 Å². The zero-order valence-corrected chi connectivity index (χ0v) is 17.7. The molecule has 7 heteroatoms. The van der Waals surface area contributed by atoms with Crippen molar-refractivity contribution >= 4 is 15.7 Å². The molecule has 1 fully saturated rings. The first kappa shape index (κ1) is 20.8. The fourth-order valence-corrected chi connectivity index (χ4v) is 4.52. The first-order valence-electron chi connectivity index (χ1n) is 9.61. The average molecular weight is 403 g/mol. The summed E-state index contributed by atoms with van der Waals surface area (Å²) in [6, 6.07) is 16.9. The summed E-state index contributed by atoms with van der Waals surface area (Å²) >= 11 is 0. The van der Waals surface area contributed by atoms with Gasteiger partial charge in [0.1, 0.15) is 0 Å². The molecule has 1 N–H and O–H groups in total. The summed E-state index contributed by atoms with van der Waals surface area (Å²) in [5, 5.41) is 0. The maximum Gasteiger partial charge on any atom is 0.240 e. The number of rotatable bonds is 7. The number of hydrogen-bond donors (Lipinski definition) is 1. The predicted octanol–water partition coefficient (Wildman–Crippen LogP) is 2.02. The third-order valence-corrected chi connectivity index (χ3v) is 6.73. The molecule has 0 saturated carbocycles. The minimum Gasteiger partial charge on any atom is -0.378 e. The summed E-state index contributed by atoms with van der Waals surface area (Å²) in [4.78, 5) is 7.04. The van der Waals surface area contributed by atoms with Crippen LogP contribution >= 0.6 is 0 Å². The zero-order valence-electron chi connectivity index (χ0n) is 16.9. The van der Waals surface area contributed by atoms with Crippen LogP contribution in [0.25, 0.3) is 0 Å². The van der Waals surface area contributed by atoms with E-state index in [1.807, 2.05) is 20.2 Å². The molecule has 28 heavy (non-hydrogen) atoms. The number of hydrogen-bond acceptors (Lipinski definition) is 5. The predicted molar refractivity (Wildman–Crippen MR) is 114 cm³/mol. The largest absolute Gasteiger partial charge is 0.378 e. The molecular formula is C21H30N4O2S. The lowest BCUT2D eigenvalue weighted by molar-refractivity contribution is 0.113. The molecule has 0 spiro atoms. The highest BCUT2D eigenvalue weighted by Gasteiger charge is 2.26. The fraction of sp³-hybridized carbons (Fsp3) is 0.429. The lowest BCUT2D eigenvalue weighted by Crippen LogP contribution is -2.48. The van der Waals surface area contributed by atoms with Crippen molar-refractivity contribution in [1.82, 2.24) is 14.5 Å². The number of piperazine rings is 1. The van der Waals surface area contributed by atoms with E-state index in [2.05, 4.69) is 50.7 Å². The van der Waals surface area contributed by atoms with E-state index < -0.39 is 10.0 Å². The molecule has 1 aliphatic heterocycles. The van der Waals surface area contributed by atoms with E-state index in [4.69, 9.17) is 0 Å². The number of sulfonamides is 1. The van der Waals surface area contributed by atoms with E-state index >= 15 is 0 Å². The van der Waals surface area contributed by atoms with Gasteiger partial charge in [-0.05, 0) is 36.9 Å². The third kappa shape index (κ3) is 5.11. The fourth-order valence-electron chi connectivity index (χ4n) is 3.46. The third-order valence-electron chi connectivity index (χ3n) is 5.29. The molecule has 0 amide bonds. The topological polar surface area (TPSA) is 55.9 Å². The van der Waals surface area contributed by atoms with Gasteiger partial charge in [-0.25, -0.2) is 13.1 Å². The van der Waals surface area contributed by atoms with E-state index in [1.54, 1.807) is 24.3 Å². The molecule has 3 rings (SSSR count). The number of nitrogens with one attached hydrogen (secondary N) is 1. The van der Waals surface area contributed by atoms with E-state index in [1.165, 1.54) is 0 Å². The lowest BCUT2D eigenvalue weighted by Gasteiger charge is -2.38. The number of nitrogens with zero attached hydrogens (tertiary/aromatic N) is 3. The van der Waals surface area contributed by atoms with Crippen LogP contribution in [0.1, 0.15) is 11.6 Å². The molecular weight excluding hydrogens is 372 g/mol. The monoisotopic (exact) mass is 402 g/mol.